The van der Waals surface area contributed by atoms with Crippen molar-refractivity contribution in [2.24, 2.45) is 11.8 Å². The highest BCUT2D eigenvalue weighted by Crippen LogP contribution is 2.45. The quantitative estimate of drug-likeness (QED) is 0.808. The highest BCUT2D eigenvalue weighted by molar-refractivity contribution is 6.16. The van der Waals surface area contributed by atoms with Crippen molar-refractivity contribution in [1.82, 2.24) is 0 Å². The summed E-state index contributed by atoms with van der Waals surface area (Å²) in [4.78, 5) is 24.4. The fraction of sp³-hybridized carbons (Fsp3) is 0.111. The molecule has 0 unspecified atom stereocenters. The number of allylic oxidation sites excluding steroid dienone is 5. The van der Waals surface area contributed by atoms with Crippen molar-refractivity contribution in [2.45, 2.75) is 0 Å². The second-order valence-electron chi connectivity index (χ2n) is 5.47. The summed E-state index contributed by atoms with van der Waals surface area (Å²) in [5.41, 5.74) is 2.73. The average Bonchev–Trinajstić information content (AvgIpc) is 2.55. The molecule has 0 aromatic heterocycles. The fourth-order valence-corrected chi connectivity index (χ4v) is 3.23. The Balaban J connectivity index is 1.99. The largest absolute Gasteiger partial charge is 0.504 e. The van der Waals surface area contributed by atoms with Crippen molar-refractivity contribution in [3.05, 3.63) is 77.3 Å². The molecule has 0 radical (unpaired) electrons. The van der Waals surface area contributed by atoms with E-state index >= 15 is 0 Å². The first-order valence-electron chi connectivity index (χ1n) is 7.00. The van der Waals surface area contributed by atoms with Gasteiger partial charge in [0.2, 0.25) is 5.78 Å². The molecule has 0 amide bonds. The van der Waals surface area contributed by atoms with E-state index in [1.807, 2.05) is 30.3 Å². The van der Waals surface area contributed by atoms with Crippen molar-refractivity contribution in [1.29, 1.82) is 0 Å². The third kappa shape index (κ3) is 1.70. The Bertz CT molecular complexity index is 809. The number of aliphatic hydroxyl groups excluding tert-OH is 1. The Kier molecular flexibility index (Phi) is 2.66. The molecule has 0 spiro atoms. The Hall–Kier alpha value is -2.88. The molecular weight excluding hydrogens is 280 g/mol. The van der Waals surface area contributed by atoms with E-state index < -0.39 is 11.7 Å². The Labute approximate surface area is 126 Å². The number of ketones is 1. The van der Waals surface area contributed by atoms with Crippen molar-refractivity contribution in [3.8, 4) is 0 Å². The number of rotatable bonds is 1. The van der Waals surface area contributed by atoms with Gasteiger partial charge >= 0.3 is 5.97 Å². The van der Waals surface area contributed by atoms with E-state index in [0.29, 0.717) is 11.1 Å². The molecule has 2 aliphatic carbocycles. The zero-order valence-electron chi connectivity index (χ0n) is 11.5. The van der Waals surface area contributed by atoms with E-state index in [1.165, 1.54) is 12.3 Å². The number of hydrogen-bond acceptors (Lipinski definition) is 4. The summed E-state index contributed by atoms with van der Waals surface area (Å²) in [7, 11) is 0. The summed E-state index contributed by atoms with van der Waals surface area (Å²) >= 11 is 0. The number of carbonyl (C=O) groups is 2. The number of carbonyl (C=O) groups excluding carboxylic acids is 2. The average molecular weight is 292 g/mol. The molecule has 1 aromatic carbocycles. The number of aliphatic hydroxyl groups is 1. The molecule has 4 rings (SSSR count). The molecule has 108 valence electrons. The van der Waals surface area contributed by atoms with Crippen LogP contribution in [0.2, 0.25) is 0 Å². The summed E-state index contributed by atoms with van der Waals surface area (Å²) in [5, 5.41) is 9.93. The molecular formula is C18H12O4. The van der Waals surface area contributed by atoms with E-state index in [1.54, 1.807) is 12.2 Å². The van der Waals surface area contributed by atoms with Crippen LogP contribution in [0.5, 0.6) is 0 Å². The van der Waals surface area contributed by atoms with Gasteiger partial charge in [-0.25, -0.2) is 0 Å². The molecule has 0 saturated heterocycles. The number of benzene rings is 1. The van der Waals surface area contributed by atoms with E-state index in [0.717, 1.165) is 11.1 Å². The van der Waals surface area contributed by atoms with Gasteiger partial charge in [-0.1, -0.05) is 42.5 Å². The van der Waals surface area contributed by atoms with E-state index in [9.17, 15) is 14.7 Å². The number of Topliss-reactive ketones (excluding diaryl/α,β-unsaturated/α-hetero) is 1. The third-order valence-electron chi connectivity index (χ3n) is 4.24. The highest BCUT2D eigenvalue weighted by Gasteiger charge is 2.44. The van der Waals surface area contributed by atoms with Gasteiger partial charge in [0.05, 0.1) is 12.2 Å². The Morgan fingerprint density at radius 3 is 2.64 bits per heavy atom. The number of hydrogen-bond donors (Lipinski definition) is 1. The molecule has 0 fully saturated rings. The van der Waals surface area contributed by atoms with Gasteiger partial charge in [0.1, 0.15) is 0 Å². The number of esters is 1. The summed E-state index contributed by atoms with van der Waals surface area (Å²) in [6.45, 7) is 0. The normalized spacial score (nSPS) is 26.2. The lowest BCUT2D eigenvalue weighted by atomic mass is 9.69. The minimum absolute atomic E-state index is 0.321. The van der Waals surface area contributed by atoms with Crippen LogP contribution in [0.3, 0.4) is 0 Å². The maximum atomic E-state index is 12.5. The standard InChI is InChI=1S/C18H12O4/c19-14-8-11-9-22-18(21)13-7-6-12(10-4-2-1-3-5-10)16(15(11)13)17(14)20/h1-9,13,15,19H/t13-,15+/m1/s1. The molecule has 4 heteroatoms. The molecule has 3 aliphatic rings. The second-order valence-corrected chi connectivity index (χ2v) is 5.47. The van der Waals surface area contributed by atoms with Crippen LogP contribution < -0.4 is 0 Å². The predicted octanol–water partition coefficient (Wildman–Crippen LogP) is 2.71. The molecule has 22 heavy (non-hydrogen) atoms. The number of cyclic esters (lactones) is 1. The minimum atomic E-state index is -0.518. The molecule has 1 heterocycles. The minimum Gasteiger partial charge on any atom is -0.504 e. The van der Waals surface area contributed by atoms with Crippen molar-refractivity contribution in [3.63, 3.8) is 0 Å². The van der Waals surface area contributed by atoms with Gasteiger partial charge in [-0.05, 0) is 17.2 Å². The molecule has 1 N–H and O–H groups in total. The molecule has 2 atom stereocenters. The van der Waals surface area contributed by atoms with Crippen LogP contribution in [-0.2, 0) is 14.3 Å². The number of ether oxygens (including phenoxy) is 1. The lowest BCUT2D eigenvalue weighted by Crippen LogP contribution is -2.37. The van der Waals surface area contributed by atoms with Crippen molar-refractivity contribution < 1.29 is 19.4 Å². The first kappa shape index (κ1) is 12.8. The van der Waals surface area contributed by atoms with Gasteiger partial charge in [-0.15, -0.1) is 0 Å². The summed E-state index contributed by atoms with van der Waals surface area (Å²) in [5.74, 6) is -2.03. The SMILES string of the molecule is O=C1C(O)=CC2=COC(=O)[C@@H]3C=CC(c4ccccc4)=C1[C@@H]23. The summed E-state index contributed by atoms with van der Waals surface area (Å²) in [6.07, 6.45) is 6.26. The second kappa shape index (κ2) is 4.56. The van der Waals surface area contributed by atoms with Crippen LogP contribution in [0.25, 0.3) is 5.57 Å². The van der Waals surface area contributed by atoms with Crippen LogP contribution in [-0.4, -0.2) is 16.9 Å². The van der Waals surface area contributed by atoms with Crippen molar-refractivity contribution in [2.75, 3.05) is 0 Å². The predicted molar refractivity (Wildman–Crippen MR) is 79.4 cm³/mol. The lowest BCUT2D eigenvalue weighted by Gasteiger charge is -2.35. The third-order valence-corrected chi connectivity index (χ3v) is 4.24. The topological polar surface area (TPSA) is 63.6 Å². The van der Waals surface area contributed by atoms with Crippen LogP contribution >= 0.6 is 0 Å². The smallest absolute Gasteiger partial charge is 0.318 e. The van der Waals surface area contributed by atoms with E-state index in [4.69, 9.17) is 4.74 Å². The lowest BCUT2D eigenvalue weighted by molar-refractivity contribution is -0.143. The molecule has 1 aromatic rings. The summed E-state index contributed by atoms with van der Waals surface area (Å²) in [6, 6.07) is 9.48. The molecule has 4 nitrogen and oxygen atoms in total. The maximum Gasteiger partial charge on any atom is 0.318 e. The maximum absolute atomic E-state index is 12.5. The van der Waals surface area contributed by atoms with Gasteiger partial charge in [-0.2, -0.15) is 0 Å². The van der Waals surface area contributed by atoms with E-state index in [-0.39, 0.29) is 17.6 Å². The van der Waals surface area contributed by atoms with E-state index in [2.05, 4.69) is 0 Å². The zero-order chi connectivity index (χ0) is 15.3. The first-order valence-corrected chi connectivity index (χ1v) is 7.00. The van der Waals surface area contributed by atoms with Crippen LogP contribution in [0.1, 0.15) is 5.56 Å². The monoisotopic (exact) mass is 292 g/mol. The Morgan fingerprint density at radius 1 is 1.09 bits per heavy atom. The molecule has 1 aliphatic heterocycles. The van der Waals surface area contributed by atoms with Crippen LogP contribution in [0.4, 0.5) is 0 Å². The highest BCUT2D eigenvalue weighted by atomic mass is 16.5. The van der Waals surface area contributed by atoms with Gasteiger partial charge in [0, 0.05) is 17.1 Å². The van der Waals surface area contributed by atoms with Gasteiger partial charge in [0.25, 0.3) is 0 Å². The van der Waals surface area contributed by atoms with Crippen LogP contribution in [0, 0.1) is 11.8 Å². The van der Waals surface area contributed by atoms with Gasteiger partial charge in [0.15, 0.2) is 5.76 Å². The molecule has 0 saturated carbocycles. The first-order chi connectivity index (χ1) is 10.7. The fourth-order valence-electron chi connectivity index (χ4n) is 3.23. The summed E-state index contributed by atoms with van der Waals surface area (Å²) < 4.78 is 5.02. The van der Waals surface area contributed by atoms with Crippen LogP contribution in [0.15, 0.2) is 71.7 Å². The van der Waals surface area contributed by atoms with Crippen molar-refractivity contribution >= 4 is 17.3 Å². The molecule has 0 bridgehead atoms. The van der Waals surface area contributed by atoms with Gasteiger partial charge < -0.3 is 9.84 Å². The Morgan fingerprint density at radius 2 is 1.86 bits per heavy atom. The zero-order valence-corrected chi connectivity index (χ0v) is 11.5. The van der Waals surface area contributed by atoms with Gasteiger partial charge in [-0.3, -0.25) is 9.59 Å².